The molecule has 12 nitrogen and oxygen atoms in total. The largest absolute Gasteiger partial charge is 0.495 e. The van der Waals surface area contributed by atoms with Gasteiger partial charge in [-0.05, 0) is 42.2 Å². The van der Waals surface area contributed by atoms with E-state index in [0.29, 0.717) is 48.4 Å². The van der Waals surface area contributed by atoms with Crippen LogP contribution in [-0.4, -0.2) is 70.7 Å². The van der Waals surface area contributed by atoms with Gasteiger partial charge in [-0.2, -0.15) is 5.10 Å². The normalized spacial score (nSPS) is 13.4. The zero-order valence-electron chi connectivity index (χ0n) is 21.2. The second kappa shape index (κ2) is 13.1. The average Bonchev–Trinajstić information content (AvgIpc) is 3.33. The van der Waals surface area contributed by atoms with E-state index in [1.54, 1.807) is 53.9 Å². The number of aliphatic carboxylic acids is 1. The maximum atomic E-state index is 12.9. The number of hydrogen-bond donors (Lipinski definition) is 4. The summed E-state index contributed by atoms with van der Waals surface area (Å²) in [5.74, 6) is 0.0801. The minimum atomic E-state index is -0.883. The Bertz CT molecular complexity index is 1110. The molecule has 2 aromatic rings. The van der Waals surface area contributed by atoms with Gasteiger partial charge in [-0.15, -0.1) is 0 Å². The molecule has 0 saturated carbocycles. The number of benzene rings is 1. The van der Waals surface area contributed by atoms with Crippen molar-refractivity contribution in [3.8, 4) is 5.75 Å². The smallest absolute Gasteiger partial charge is 0.324 e. The van der Waals surface area contributed by atoms with Crippen molar-refractivity contribution in [2.24, 2.45) is 11.0 Å². The molecule has 12 heteroatoms. The van der Waals surface area contributed by atoms with Crippen molar-refractivity contribution in [2.45, 2.75) is 39.3 Å². The predicted octanol–water partition coefficient (Wildman–Crippen LogP) is 2.76. The molecule has 1 aromatic heterocycles. The summed E-state index contributed by atoms with van der Waals surface area (Å²) < 4.78 is 5.42. The van der Waals surface area contributed by atoms with Crippen LogP contribution in [0.15, 0.2) is 47.7 Å². The van der Waals surface area contributed by atoms with Gasteiger partial charge in [0.05, 0.1) is 25.6 Å². The van der Waals surface area contributed by atoms with Crippen LogP contribution in [0.25, 0.3) is 0 Å². The number of pyridine rings is 1. The first kappa shape index (κ1) is 27.2. The van der Waals surface area contributed by atoms with Gasteiger partial charge in [-0.25, -0.2) is 9.78 Å². The highest BCUT2D eigenvalue weighted by Crippen LogP contribution is 2.26. The molecule has 0 spiro atoms. The number of amides is 3. The molecule has 4 N–H and O–H groups in total. The molecule has 0 radical (unpaired) electrons. The maximum absolute atomic E-state index is 12.9. The van der Waals surface area contributed by atoms with E-state index in [2.05, 4.69) is 39.9 Å². The number of carbonyl (C=O) groups excluding carboxylic acids is 2. The SMILES string of the molecule is COc1cc(CC(=O)NC(CC(C)C)N2C=NN(CCC(=O)O)C2)ccc1NC(=O)Nc1ccccn1. The topological polar surface area (TPSA) is 148 Å². The zero-order chi connectivity index (χ0) is 26.8. The van der Waals surface area contributed by atoms with Crippen molar-refractivity contribution in [1.29, 1.82) is 0 Å². The first-order valence-corrected chi connectivity index (χ1v) is 12.0. The Hall–Kier alpha value is -4.35. The molecular formula is C25H33N7O5. The summed E-state index contributed by atoms with van der Waals surface area (Å²) in [7, 11) is 1.49. The molecule has 37 heavy (non-hydrogen) atoms. The van der Waals surface area contributed by atoms with Gasteiger partial charge in [0.25, 0.3) is 0 Å². The van der Waals surface area contributed by atoms with Gasteiger partial charge in [-0.1, -0.05) is 26.0 Å². The Morgan fingerprint density at radius 3 is 2.65 bits per heavy atom. The monoisotopic (exact) mass is 511 g/mol. The van der Waals surface area contributed by atoms with Crippen molar-refractivity contribution >= 4 is 35.8 Å². The van der Waals surface area contributed by atoms with Gasteiger partial charge in [0.15, 0.2) is 0 Å². The summed E-state index contributed by atoms with van der Waals surface area (Å²) in [6.07, 6.45) is 3.72. The van der Waals surface area contributed by atoms with E-state index in [9.17, 15) is 14.4 Å². The molecule has 0 bridgehead atoms. The first-order valence-electron chi connectivity index (χ1n) is 12.0. The number of carboxylic acid groups (broad SMARTS) is 1. The summed E-state index contributed by atoms with van der Waals surface area (Å²) >= 11 is 0. The van der Waals surface area contributed by atoms with E-state index in [1.807, 2.05) is 4.90 Å². The number of ether oxygens (including phenoxy) is 1. The number of carbonyl (C=O) groups is 3. The minimum Gasteiger partial charge on any atom is -0.495 e. The van der Waals surface area contributed by atoms with Crippen molar-refractivity contribution in [3.05, 3.63) is 48.2 Å². The summed E-state index contributed by atoms with van der Waals surface area (Å²) in [6, 6.07) is 9.86. The van der Waals surface area contributed by atoms with Crippen molar-refractivity contribution < 1.29 is 24.2 Å². The Labute approximate surface area is 215 Å². The molecule has 3 rings (SSSR count). The number of hydrazone groups is 1. The second-order valence-corrected chi connectivity index (χ2v) is 8.98. The van der Waals surface area contributed by atoms with E-state index in [1.165, 1.54) is 7.11 Å². The number of hydrogen-bond acceptors (Lipinski definition) is 8. The number of rotatable bonds is 12. The van der Waals surface area contributed by atoms with Gasteiger partial charge < -0.3 is 25.4 Å². The molecule has 1 aliphatic rings. The van der Waals surface area contributed by atoms with Crippen LogP contribution < -0.4 is 20.7 Å². The maximum Gasteiger partial charge on any atom is 0.324 e. The molecule has 3 amide bonds. The highest BCUT2D eigenvalue weighted by atomic mass is 16.5. The van der Waals surface area contributed by atoms with E-state index in [4.69, 9.17) is 9.84 Å². The standard InChI is InChI=1S/C25H33N7O5/c1-17(2)12-22(31-15-27-32(16-31)11-9-24(34)35)30-23(33)14-18-7-8-19(20(13-18)37-3)28-25(36)29-21-6-4-5-10-26-21/h4-8,10,13,15,17,22H,9,11-12,14,16H2,1-3H3,(H,30,33)(H,34,35)(H2,26,28,29,36). The van der Waals surface area contributed by atoms with Crippen molar-refractivity contribution in [3.63, 3.8) is 0 Å². The summed E-state index contributed by atoms with van der Waals surface area (Å²) in [5, 5.41) is 23.2. The highest BCUT2D eigenvalue weighted by Gasteiger charge is 2.25. The summed E-state index contributed by atoms with van der Waals surface area (Å²) in [4.78, 5) is 42.0. The predicted molar refractivity (Wildman–Crippen MR) is 139 cm³/mol. The third-order valence-corrected chi connectivity index (χ3v) is 5.48. The summed E-state index contributed by atoms with van der Waals surface area (Å²) in [5.41, 5.74) is 1.17. The Kier molecular flexibility index (Phi) is 9.64. The lowest BCUT2D eigenvalue weighted by molar-refractivity contribution is -0.137. The van der Waals surface area contributed by atoms with Crippen LogP contribution in [-0.2, 0) is 16.0 Å². The lowest BCUT2D eigenvalue weighted by Gasteiger charge is -2.30. The zero-order valence-corrected chi connectivity index (χ0v) is 21.2. The van der Waals surface area contributed by atoms with Gasteiger partial charge in [0, 0.05) is 12.7 Å². The van der Waals surface area contributed by atoms with Gasteiger partial charge in [-0.3, -0.25) is 19.9 Å². The van der Waals surface area contributed by atoms with Crippen LogP contribution in [0.3, 0.4) is 0 Å². The number of anilines is 2. The third kappa shape index (κ3) is 8.67. The van der Waals surface area contributed by atoms with Crippen LogP contribution >= 0.6 is 0 Å². The lowest BCUT2D eigenvalue weighted by atomic mass is 10.1. The molecule has 198 valence electrons. The second-order valence-electron chi connectivity index (χ2n) is 8.98. The molecule has 1 aliphatic heterocycles. The van der Waals surface area contributed by atoms with Crippen LogP contribution in [0.1, 0.15) is 32.3 Å². The van der Waals surface area contributed by atoms with E-state index in [-0.39, 0.29) is 24.9 Å². The lowest BCUT2D eigenvalue weighted by Crippen LogP contribution is -2.49. The fourth-order valence-electron chi connectivity index (χ4n) is 3.73. The molecule has 1 atom stereocenters. The molecule has 0 saturated heterocycles. The Morgan fingerprint density at radius 1 is 1.16 bits per heavy atom. The fraction of sp³-hybridized carbons (Fsp3) is 0.400. The van der Waals surface area contributed by atoms with Crippen molar-refractivity contribution in [1.82, 2.24) is 20.2 Å². The molecule has 1 aromatic carbocycles. The number of methoxy groups -OCH3 is 1. The number of carboxylic acids is 1. The van der Waals surface area contributed by atoms with Crippen LogP contribution in [0, 0.1) is 5.92 Å². The highest BCUT2D eigenvalue weighted by molar-refractivity contribution is 6.00. The molecule has 1 unspecified atom stereocenters. The number of aromatic nitrogens is 1. The van der Waals surface area contributed by atoms with E-state index in [0.717, 1.165) is 0 Å². The van der Waals surface area contributed by atoms with Gasteiger partial charge in [0.2, 0.25) is 5.91 Å². The summed E-state index contributed by atoms with van der Waals surface area (Å²) in [6.45, 7) is 4.83. The van der Waals surface area contributed by atoms with Gasteiger partial charge in [0.1, 0.15) is 30.7 Å². The third-order valence-electron chi connectivity index (χ3n) is 5.48. The van der Waals surface area contributed by atoms with Crippen LogP contribution in [0.2, 0.25) is 0 Å². The molecule has 0 fully saturated rings. The Morgan fingerprint density at radius 2 is 1.97 bits per heavy atom. The van der Waals surface area contributed by atoms with Gasteiger partial charge >= 0.3 is 12.0 Å². The number of urea groups is 1. The molecular weight excluding hydrogens is 478 g/mol. The quantitative estimate of drug-likeness (QED) is 0.340. The minimum absolute atomic E-state index is 0.0100. The molecule has 0 aliphatic carbocycles. The van der Waals surface area contributed by atoms with Crippen LogP contribution in [0.4, 0.5) is 16.3 Å². The van der Waals surface area contributed by atoms with E-state index < -0.39 is 12.0 Å². The number of nitrogens with zero attached hydrogens (tertiary/aromatic N) is 4. The molecule has 2 heterocycles. The van der Waals surface area contributed by atoms with E-state index >= 15 is 0 Å². The number of nitrogens with one attached hydrogen (secondary N) is 3. The first-order chi connectivity index (χ1) is 17.7. The Balaban J connectivity index is 1.59. The average molecular weight is 512 g/mol. The van der Waals surface area contributed by atoms with Crippen LogP contribution in [0.5, 0.6) is 5.75 Å². The fourth-order valence-corrected chi connectivity index (χ4v) is 3.73. The van der Waals surface area contributed by atoms with Crippen molar-refractivity contribution in [2.75, 3.05) is 31.0 Å².